The molecule has 3 aromatic heterocycles. The number of carbonyl (C=O) groups is 2. The minimum atomic E-state index is -3.16. The van der Waals surface area contributed by atoms with E-state index in [1.54, 1.807) is 25.2 Å². The van der Waals surface area contributed by atoms with E-state index in [0.29, 0.717) is 85.2 Å². The average Bonchev–Trinajstić information content (AvgIpc) is 4.06. The van der Waals surface area contributed by atoms with Crippen LogP contribution in [0.15, 0.2) is 47.4 Å². The Bertz CT molecular complexity index is 2660. The largest absolute Gasteiger partial charge is 0.480 e. The van der Waals surface area contributed by atoms with Gasteiger partial charge in [-0.3, -0.25) is 24.4 Å². The lowest BCUT2D eigenvalue weighted by Gasteiger charge is -2.39. The summed E-state index contributed by atoms with van der Waals surface area (Å²) in [6.45, 7) is 2.23. The van der Waals surface area contributed by atoms with Crippen molar-refractivity contribution in [3.8, 4) is 5.75 Å². The first kappa shape index (κ1) is 40.6. The quantitative estimate of drug-likeness (QED) is 0.149. The van der Waals surface area contributed by atoms with Crippen molar-refractivity contribution in [2.75, 3.05) is 54.9 Å². The minimum absolute atomic E-state index is 0.134. The Morgan fingerprint density at radius 1 is 0.968 bits per heavy atom. The summed E-state index contributed by atoms with van der Waals surface area (Å²) in [7, 11) is 3.46. The molecule has 62 heavy (non-hydrogen) atoms. The molecular weight excluding hydrogens is 825 g/mol. The number of nitrogens with zero attached hydrogens (tertiary/aromatic N) is 7. The van der Waals surface area contributed by atoms with Crippen LogP contribution >= 0.6 is 11.6 Å². The third kappa shape index (κ3) is 7.50. The molecule has 10 rings (SSSR count). The van der Waals surface area contributed by atoms with E-state index >= 15 is 13.2 Å². The summed E-state index contributed by atoms with van der Waals surface area (Å²) in [5.41, 5.74) is 3.73. The molecule has 7 heterocycles. The van der Waals surface area contributed by atoms with Gasteiger partial charge in [-0.05, 0) is 93.3 Å². The number of fused-ring (bicyclic) bond motifs is 4. The third-order valence-corrected chi connectivity index (χ3v) is 13.9. The van der Waals surface area contributed by atoms with Gasteiger partial charge in [-0.15, -0.1) is 0 Å². The van der Waals surface area contributed by atoms with Crippen molar-refractivity contribution >= 4 is 68.4 Å². The van der Waals surface area contributed by atoms with E-state index in [0.717, 1.165) is 36.8 Å². The second kappa shape index (κ2) is 15.7. The van der Waals surface area contributed by atoms with Gasteiger partial charge in [-0.25, -0.2) is 18.2 Å². The lowest BCUT2D eigenvalue weighted by Crippen LogP contribution is -2.47. The molecule has 0 spiro atoms. The molecule has 3 N–H and O–H groups in total. The number of likely N-dealkylation sites (tertiary alicyclic amines) is 1. The van der Waals surface area contributed by atoms with Gasteiger partial charge in [0.25, 0.3) is 5.56 Å². The fourth-order valence-corrected chi connectivity index (χ4v) is 10.0. The van der Waals surface area contributed by atoms with Gasteiger partial charge in [-0.2, -0.15) is 10.1 Å². The summed E-state index contributed by atoms with van der Waals surface area (Å²) in [6.07, 6.45) is 5.04. The van der Waals surface area contributed by atoms with Gasteiger partial charge >= 0.3 is 5.92 Å². The van der Waals surface area contributed by atoms with Gasteiger partial charge in [0.15, 0.2) is 12.4 Å². The number of pyridine rings is 1. The monoisotopic (exact) mass is 872 g/mol. The molecule has 3 saturated heterocycles. The predicted molar refractivity (Wildman–Crippen MR) is 230 cm³/mol. The molecule has 0 bridgehead atoms. The number of aryl methyl sites for hydroxylation is 2. The second-order valence-corrected chi connectivity index (χ2v) is 18.1. The first-order valence-electron chi connectivity index (χ1n) is 21.5. The lowest BCUT2D eigenvalue weighted by atomic mass is 9.87. The maximum absolute atomic E-state index is 16.0. The number of halogens is 4. The van der Waals surface area contributed by atoms with Crippen LogP contribution in [-0.4, -0.2) is 98.5 Å². The average molecular weight is 873 g/mol. The topological polar surface area (TPSA) is 152 Å². The fraction of sp³-hybridized carbons (Fsp3) is 0.500. The van der Waals surface area contributed by atoms with Crippen molar-refractivity contribution in [1.82, 2.24) is 34.5 Å². The highest BCUT2D eigenvalue weighted by Crippen LogP contribution is 2.46. The molecule has 1 unspecified atom stereocenters. The van der Waals surface area contributed by atoms with Crippen molar-refractivity contribution < 1.29 is 27.5 Å². The van der Waals surface area contributed by atoms with Crippen LogP contribution in [0.4, 0.5) is 36.3 Å². The summed E-state index contributed by atoms with van der Waals surface area (Å²) in [5.74, 6) is -3.62. The number of aromatic nitrogens is 5. The zero-order valence-corrected chi connectivity index (χ0v) is 35.2. The maximum atomic E-state index is 16.0. The number of rotatable bonds is 8. The summed E-state index contributed by atoms with van der Waals surface area (Å²) >= 11 is 6.59. The molecule has 326 valence electrons. The van der Waals surface area contributed by atoms with Gasteiger partial charge in [0, 0.05) is 56.0 Å². The Labute approximate surface area is 360 Å². The van der Waals surface area contributed by atoms with Crippen molar-refractivity contribution in [2.24, 2.45) is 25.9 Å². The Morgan fingerprint density at radius 3 is 2.53 bits per heavy atom. The van der Waals surface area contributed by atoms with E-state index in [2.05, 4.69) is 44.0 Å². The molecule has 4 fully saturated rings. The molecule has 5 aliphatic rings. The molecule has 0 radical (unpaired) electrons. The highest BCUT2D eigenvalue weighted by atomic mass is 35.5. The molecule has 4 atom stereocenters. The van der Waals surface area contributed by atoms with Crippen molar-refractivity contribution in [1.29, 1.82) is 0 Å². The van der Waals surface area contributed by atoms with Gasteiger partial charge in [0.2, 0.25) is 23.5 Å². The summed E-state index contributed by atoms with van der Waals surface area (Å²) < 4.78 is 55.0. The maximum Gasteiger partial charge on any atom is 0.301 e. The van der Waals surface area contributed by atoms with Gasteiger partial charge in [-0.1, -0.05) is 23.7 Å². The normalized spacial score (nSPS) is 24.6. The molecular formula is C44H48ClF3N10O4. The van der Waals surface area contributed by atoms with Crippen LogP contribution < -0.4 is 31.1 Å². The number of carbonyl (C=O) groups excluding carboxylic acids is 2. The number of amides is 2. The van der Waals surface area contributed by atoms with Gasteiger partial charge in [0.1, 0.15) is 11.2 Å². The van der Waals surface area contributed by atoms with Crippen LogP contribution in [0.3, 0.4) is 0 Å². The summed E-state index contributed by atoms with van der Waals surface area (Å²) in [6, 6.07) is 10.4. The third-order valence-electron chi connectivity index (χ3n) is 13.6. The van der Waals surface area contributed by atoms with Crippen molar-refractivity contribution in [2.45, 2.75) is 74.9 Å². The summed E-state index contributed by atoms with van der Waals surface area (Å²) in [5, 5.41) is 15.1. The number of hydrogen-bond donors (Lipinski definition) is 3. The molecule has 18 heteroatoms. The molecule has 2 aromatic carbocycles. The smallest absolute Gasteiger partial charge is 0.301 e. The van der Waals surface area contributed by atoms with Crippen LogP contribution in [0, 0.1) is 11.8 Å². The fourth-order valence-electron chi connectivity index (χ4n) is 9.91. The van der Waals surface area contributed by atoms with Crippen LogP contribution in [0.1, 0.15) is 68.0 Å². The van der Waals surface area contributed by atoms with E-state index in [1.807, 2.05) is 16.6 Å². The zero-order valence-electron chi connectivity index (χ0n) is 34.5. The van der Waals surface area contributed by atoms with E-state index in [-0.39, 0.29) is 46.7 Å². The number of piperidine rings is 3. The number of ether oxygens (including phenoxy) is 1. The Balaban J connectivity index is 0.777. The number of alkyl halides is 3. The highest BCUT2D eigenvalue weighted by Gasteiger charge is 2.51. The van der Waals surface area contributed by atoms with Crippen molar-refractivity contribution in [3.05, 3.63) is 69.2 Å². The number of imide groups is 1. The molecule has 14 nitrogen and oxygen atoms in total. The Morgan fingerprint density at radius 2 is 1.77 bits per heavy atom. The minimum Gasteiger partial charge on any atom is -0.480 e. The SMILES string of the molecule is Cn1nc(C2CCC(=O)NC2=O)c2ccc(C3CCN(C[C@H]4CCN(c5ncc(Cl)c(Nc6ccc7c(c6)c6c(c(=O)n7C)OCC(F)(F)[C@H](C7CC7)N6)n5)C[C@@H]4F)CC3)cc21. The van der Waals surface area contributed by atoms with Crippen LogP contribution in [0.5, 0.6) is 5.75 Å². The van der Waals surface area contributed by atoms with Gasteiger partial charge < -0.3 is 29.7 Å². The molecule has 2 amide bonds. The molecule has 5 aromatic rings. The molecule has 1 saturated carbocycles. The zero-order chi connectivity index (χ0) is 43.0. The van der Waals surface area contributed by atoms with E-state index in [9.17, 15) is 14.4 Å². The number of nitrogens with one attached hydrogen (secondary N) is 3. The van der Waals surface area contributed by atoms with E-state index in [1.165, 1.54) is 16.3 Å². The number of anilines is 4. The Hall–Kier alpha value is -5.42. The van der Waals surface area contributed by atoms with Crippen LogP contribution in [-0.2, 0) is 23.7 Å². The van der Waals surface area contributed by atoms with E-state index < -0.39 is 36.2 Å². The van der Waals surface area contributed by atoms with Crippen LogP contribution in [0.2, 0.25) is 5.02 Å². The molecule has 1 aliphatic carbocycles. The molecule has 4 aliphatic heterocycles. The second-order valence-electron chi connectivity index (χ2n) is 17.7. The highest BCUT2D eigenvalue weighted by molar-refractivity contribution is 6.33. The lowest BCUT2D eigenvalue weighted by molar-refractivity contribution is -0.134. The first-order chi connectivity index (χ1) is 29.8. The number of benzene rings is 2. The predicted octanol–water partition coefficient (Wildman–Crippen LogP) is 6.39. The standard InChI is InChI=1S/C44H48ClF3N10O4/c1-55-33-9-6-27(18-30(33)37-38(42(55)61)62-22-44(47,48)39(52-37)24-3-4-24)50-40-31(45)19-49-43(53-40)58-16-13-26(32(46)21-58)20-57-14-11-23(12-15-57)25-5-7-28-34(17-25)56(2)54-36(28)29-8-10-35(59)51-41(29)60/h5-7,9,17-19,23-24,26,29,32,39,52H,3-4,8,10-16,20-22H2,1-2H3,(H,49,50,53)(H,51,59,60)/t26-,29?,32+,39+/m1/s1. The van der Waals surface area contributed by atoms with Gasteiger partial charge in [0.05, 0.1) is 47.1 Å². The van der Waals surface area contributed by atoms with Crippen molar-refractivity contribution in [3.63, 3.8) is 0 Å². The Kier molecular flexibility index (Phi) is 10.3. The summed E-state index contributed by atoms with van der Waals surface area (Å²) in [4.78, 5) is 50.9. The van der Waals surface area contributed by atoms with Crippen LogP contribution in [0.25, 0.3) is 21.8 Å². The number of hydrogen-bond acceptors (Lipinski definition) is 11. The first-order valence-corrected chi connectivity index (χ1v) is 21.8. The van der Waals surface area contributed by atoms with E-state index in [4.69, 9.17) is 26.4 Å².